The third-order valence-electron chi connectivity index (χ3n) is 5.09. The maximum absolute atomic E-state index is 13.0. The van der Waals surface area contributed by atoms with Gasteiger partial charge in [0.25, 0.3) is 5.91 Å². The number of hydrogen-bond donors (Lipinski definition) is 3. The molecule has 0 spiro atoms. The summed E-state index contributed by atoms with van der Waals surface area (Å²) in [5, 5.41) is 16.0. The molecule has 0 unspecified atom stereocenters. The van der Waals surface area contributed by atoms with Gasteiger partial charge in [0.1, 0.15) is 18.2 Å². The molecule has 0 aliphatic heterocycles. The van der Waals surface area contributed by atoms with E-state index in [1.165, 1.54) is 0 Å². The molecule has 0 bridgehead atoms. The molecule has 0 heterocycles. The van der Waals surface area contributed by atoms with E-state index in [-0.39, 0.29) is 18.9 Å². The van der Waals surface area contributed by atoms with Gasteiger partial charge in [-0.3, -0.25) is 4.79 Å². The molecule has 3 N–H and O–H groups in total. The highest BCUT2D eigenvalue weighted by molar-refractivity contribution is 5.88. The lowest BCUT2D eigenvalue weighted by Gasteiger charge is -2.28. The van der Waals surface area contributed by atoms with Crippen molar-refractivity contribution in [1.29, 1.82) is 0 Å². The molecule has 2 rings (SSSR count). The maximum atomic E-state index is 13.0. The molecule has 3 atom stereocenters. The lowest BCUT2D eigenvalue weighted by Crippen LogP contribution is -2.56. The van der Waals surface area contributed by atoms with Crippen molar-refractivity contribution in [3.05, 3.63) is 71.8 Å². The highest BCUT2D eigenvalue weighted by atomic mass is 16.6. The number of ether oxygens (including phenoxy) is 2. The smallest absolute Gasteiger partial charge is 0.407 e. The number of nitrogens with one attached hydrogen (secondary N) is 2. The van der Waals surface area contributed by atoms with Crippen molar-refractivity contribution in [2.75, 3.05) is 0 Å². The summed E-state index contributed by atoms with van der Waals surface area (Å²) in [6.07, 6.45) is -2.21. The first kappa shape index (κ1) is 27.9. The zero-order valence-corrected chi connectivity index (χ0v) is 21.0. The van der Waals surface area contributed by atoms with Crippen LogP contribution in [0.25, 0.3) is 0 Å². The van der Waals surface area contributed by atoms with Crippen LogP contribution in [0.2, 0.25) is 0 Å². The average molecular weight is 485 g/mol. The Morgan fingerprint density at radius 3 is 1.94 bits per heavy atom. The first-order valence-corrected chi connectivity index (χ1v) is 11.7. The molecule has 0 saturated heterocycles. The molecule has 35 heavy (non-hydrogen) atoms. The van der Waals surface area contributed by atoms with Gasteiger partial charge >= 0.3 is 12.1 Å². The molecular formula is C27H36N2O6. The minimum atomic E-state index is -1.63. The molecule has 8 heteroatoms. The number of hydrogen-bond acceptors (Lipinski definition) is 6. The highest BCUT2D eigenvalue weighted by Crippen LogP contribution is 2.12. The molecule has 8 nitrogen and oxygen atoms in total. The lowest BCUT2D eigenvalue weighted by molar-refractivity contribution is -0.151. The van der Waals surface area contributed by atoms with E-state index in [1.807, 2.05) is 60.7 Å². The Bertz CT molecular complexity index is 957. The molecule has 0 saturated carbocycles. The van der Waals surface area contributed by atoms with Crippen LogP contribution in [0.15, 0.2) is 60.7 Å². The van der Waals surface area contributed by atoms with Gasteiger partial charge in [-0.15, -0.1) is 0 Å². The molecule has 0 aliphatic rings. The number of alkyl carbamates (subject to hydrolysis) is 1. The van der Waals surface area contributed by atoms with Gasteiger partial charge in [0.05, 0.1) is 6.04 Å². The number of benzene rings is 2. The summed E-state index contributed by atoms with van der Waals surface area (Å²) in [7, 11) is 0. The molecule has 2 amide bonds. The average Bonchev–Trinajstić information content (AvgIpc) is 2.79. The SMILES string of the molecule is CC(C)[C@H](NC(=O)[C@@H](O)[C@@H](Cc1ccccc1)NC(=O)OC(C)(C)C)C(=O)OCc1ccccc1. The fourth-order valence-corrected chi connectivity index (χ4v) is 3.31. The Balaban J connectivity index is 2.10. The van der Waals surface area contributed by atoms with Gasteiger partial charge < -0.3 is 25.2 Å². The second-order valence-corrected chi connectivity index (χ2v) is 9.71. The van der Waals surface area contributed by atoms with Gasteiger partial charge in [0, 0.05) is 0 Å². The summed E-state index contributed by atoms with van der Waals surface area (Å²) in [5.41, 5.74) is 0.877. The normalized spacial score (nSPS) is 13.9. The van der Waals surface area contributed by atoms with E-state index < -0.39 is 41.8 Å². The largest absolute Gasteiger partial charge is 0.459 e. The van der Waals surface area contributed by atoms with Crippen LogP contribution in [0.1, 0.15) is 45.7 Å². The van der Waals surface area contributed by atoms with E-state index in [1.54, 1.807) is 34.6 Å². The second kappa shape index (κ2) is 12.9. The van der Waals surface area contributed by atoms with Gasteiger partial charge in [0.15, 0.2) is 6.10 Å². The number of carbonyl (C=O) groups is 3. The molecular weight excluding hydrogens is 448 g/mol. The topological polar surface area (TPSA) is 114 Å². The van der Waals surface area contributed by atoms with Crippen molar-refractivity contribution in [2.45, 2.75) is 71.4 Å². The Kier molecular flexibility index (Phi) is 10.3. The van der Waals surface area contributed by atoms with Crippen LogP contribution < -0.4 is 10.6 Å². The molecule has 0 aromatic heterocycles. The molecule has 2 aromatic carbocycles. The van der Waals surface area contributed by atoms with E-state index in [4.69, 9.17) is 9.47 Å². The summed E-state index contributed by atoms with van der Waals surface area (Å²) >= 11 is 0. The number of esters is 1. The van der Waals surface area contributed by atoms with Crippen LogP contribution >= 0.6 is 0 Å². The molecule has 0 aliphatic carbocycles. The molecule has 2 aromatic rings. The third-order valence-corrected chi connectivity index (χ3v) is 5.09. The second-order valence-electron chi connectivity index (χ2n) is 9.71. The van der Waals surface area contributed by atoms with Crippen molar-refractivity contribution in [2.24, 2.45) is 5.92 Å². The zero-order valence-electron chi connectivity index (χ0n) is 21.0. The summed E-state index contributed by atoms with van der Waals surface area (Å²) < 4.78 is 10.7. The van der Waals surface area contributed by atoms with Crippen molar-refractivity contribution in [1.82, 2.24) is 10.6 Å². The van der Waals surface area contributed by atoms with Crippen LogP contribution in [0, 0.1) is 5.92 Å². The first-order chi connectivity index (χ1) is 16.5. The van der Waals surface area contributed by atoms with E-state index in [2.05, 4.69) is 10.6 Å². The van der Waals surface area contributed by atoms with Gasteiger partial charge in [-0.25, -0.2) is 9.59 Å². The van der Waals surface area contributed by atoms with Gasteiger partial charge in [-0.2, -0.15) is 0 Å². The predicted octanol–water partition coefficient (Wildman–Crippen LogP) is 3.37. The van der Waals surface area contributed by atoms with Crippen LogP contribution in [0.4, 0.5) is 4.79 Å². The van der Waals surface area contributed by atoms with Crippen molar-refractivity contribution >= 4 is 18.0 Å². The number of aliphatic hydroxyl groups is 1. The summed E-state index contributed by atoms with van der Waals surface area (Å²) in [6, 6.07) is 16.4. The molecule has 0 fully saturated rings. The van der Waals surface area contributed by atoms with Gasteiger partial charge in [-0.1, -0.05) is 74.5 Å². The summed E-state index contributed by atoms with van der Waals surface area (Å²) in [4.78, 5) is 38.1. The Morgan fingerprint density at radius 1 is 0.886 bits per heavy atom. The number of aliphatic hydroxyl groups excluding tert-OH is 1. The maximum Gasteiger partial charge on any atom is 0.407 e. The van der Waals surface area contributed by atoms with E-state index in [0.29, 0.717) is 0 Å². The molecule has 190 valence electrons. The minimum Gasteiger partial charge on any atom is -0.459 e. The van der Waals surface area contributed by atoms with E-state index in [9.17, 15) is 19.5 Å². The fourth-order valence-electron chi connectivity index (χ4n) is 3.31. The van der Waals surface area contributed by atoms with Gasteiger partial charge in [0.2, 0.25) is 0 Å². The van der Waals surface area contributed by atoms with Crippen LogP contribution in [0.3, 0.4) is 0 Å². The van der Waals surface area contributed by atoms with Crippen LogP contribution in [-0.2, 0) is 32.1 Å². The Labute approximate surface area is 207 Å². The van der Waals surface area contributed by atoms with E-state index in [0.717, 1.165) is 11.1 Å². The molecule has 0 radical (unpaired) electrons. The van der Waals surface area contributed by atoms with Crippen LogP contribution in [0.5, 0.6) is 0 Å². The van der Waals surface area contributed by atoms with Crippen molar-refractivity contribution in [3.8, 4) is 0 Å². The Hall–Kier alpha value is -3.39. The quantitative estimate of drug-likeness (QED) is 0.446. The Morgan fingerprint density at radius 2 is 1.43 bits per heavy atom. The summed E-state index contributed by atoms with van der Waals surface area (Å²) in [5.74, 6) is -1.69. The third kappa shape index (κ3) is 9.78. The van der Waals surface area contributed by atoms with Crippen molar-refractivity contribution < 1.29 is 29.0 Å². The number of carbonyl (C=O) groups excluding carboxylic acids is 3. The highest BCUT2D eigenvalue weighted by Gasteiger charge is 2.33. The van der Waals surface area contributed by atoms with Gasteiger partial charge in [-0.05, 0) is 44.2 Å². The minimum absolute atomic E-state index is 0.0676. The summed E-state index contributed by atoms with van der Waals surface area (Å²) in [6.45, 7) is 8.75. The van der Waals surface area contributed by atoms with Crippen molar-refractivity contribution in [3.63, 3.8) is 0 Å². The number of rotatable bonds is 10. The number of amides is 2. The standard InChI is InChI=1S/C27H36N2O6/c1-18(2)22(25(32)34-17-20-14-10-7-11-15-20)29-24(31)23(30)21(16-19-12-8-6-9-13-19)28-26(33)35-27(3,4)5/h6-15,18,21-23,30H,16-17H2,1-5H3,(H,28,33)(H,29,31)/t21-,22+,23+/m1/s1. The monoisotopic (exact) mass is 484 g/mol. The van der Waals surface area contributed by atoms with E-state index >= 15 is 0 Å². The first-order valence-electron chi connectivity index (χ1n) is 11.7. The predicted molar refractivity (Wildman–Crippen MR) is 132 cm³/mol. The lowest BCUT2D eigenvalue weighted by atomic mass is 9.99. The van der Waals surface area contributed by atoms with Crippen LogP contribution in [-0.4, -0.2) is 46.9 Å². The zero-order chi connectivity index (χ0) is 26.0. The fraction of sp³-hybridized carbons (Fsp3) is 0.444.